The lowest BCUT2D eigenvalue weighted by Gasteiger charge is -2.29. The maximum Gasteiger partial charge on any atom is 0.231 e. The average Bonchev–Trinajstić information content (AvgIpc) is 3.20. The van der Waals surface area contributed by atoms with E-state index in [1.54, 1.807) is 0 Å². The van der Waals surface area contributed by atoms with E-state index in [0.29, 0.717) is 5.82 Å². The maximum absolute atomic E-state index is 12.9. The molecular formula is C16H19N3O2. The van der Waals surface area contributed by atoms with Crippen LogP contribution in [-0.2, 0) is 10.2 Å². The highest BCUT2D eigenvalue weighted by molar-refractivity contribution is 5.88. The van der Waals surface area contributed by atoms with E-state index < -0.39 is 5.41 Å². The number of benzene rings is 1. The molecule has 1 aromatic carbocycles. The molecule has 1 aromatic heterocycles. The molecule has 1 atom stereocenters. The first-order valence-electron chi connectivity index (χ1n) is 7.35. The van der Waals surface area contributed by atoms with Gasteiger partial charge in [0.25, 0.3) is 0 Å². The van der Waals surface area contributed by atoms with Crippen LogP contribution in [0.3, 0.4) is 0 Å². The molecule has 110 valence electrons. The zero-order valence-corrected chi connectivity index (χ0v) is 12.1. The number of carbonyl (C=O) groups is 1. The van der Waals surface area contributed by atoms with Gasteiger partial charge in [-0.05, 0) is 25.3 Å². The number of nitrogens with one attached hydrogen (secondary N) is 1. The molecule has 5 nitrogen and oxygen atoms in total. The molecule has 0 spiro atoms. The monoisotopic (exact) mass is 285 g/mol. The molecule has 1 N–H and O–H groups in total. The van der Waals surface area contributed by atoms with Gasteiger partial charge >= 0.3 is 0 Å². The highest BCUT2D eigenvalue weighted by Gasteiger charge is 2.43. The van der Waals surface area contributed by atoms with Crippen LogP contribution in [0.4, 0.5) is 0 Å². The van der Waals surface area contributed by atoms with Gasteiger partial charge in [0.05, 0.1) is 11.5 Å². The Kier molecular flexibility index (Phi) is 3.73. The summed E-state index contributed by atoms with van der Waals surface area (Å²) >= 11 is 0. The normalized spacial score (nSPS) is 18.3. The number of hydrogen-bond acceptors (Lipinski definition) is 4. The third-order valence-corrected chi connectivity index (χ3v) is 4.33. The Labute approximate surface area is 123 Å². The number of amides is 1. The largest absolute Gasteiger partial charge is 0.345 e. The van der Waals surface area contributed by atoms with Crippen molar-refractivity contribution in [1.82, 2.24) is 15.5 Å². The summed E-state index contributed by atoms with van der Waals surface area (Å²) in [7, 11) is 0. The minimum atomic E-state index is -0.417. The van der Waals surface area contributed by atoms with Gasteiger partial charge in [-0.2, -0.15) is 4.98 Å². The smallest absolute Gasteiger partial charge is 0.231 e. The predicted octanol–water partition coefficient (Wildman–Crippen LogP) is 2.76. The number of nitrogens with zero attached hydrogens (tertiary/aromatic N) is 2. The van der Waals surface area contributed by atoms with Crippen molar-refractivity contribution in [3.63, 3.8) is 0 Å². The third-order valence-electron chi connectivity index (χ3n) is 4.33. The Balaban J connectivity index is 1.83. The van der Waals surface area contributed by atoms with Crippen LogP contribution in [-0.4, -0.2) is 16.0 Å². The van der Waals surface area contributed by atoms with Crippen LogP contribution in [0.1, 0.15) is 50.0 Å². The highest BCUT2D eigenvalue weighted by Crippen LogP contribution is 2.41. The van der Waals surface area contributed by atoms with Crippen molar-refractivity contribution >= 4 is 5.91 Å². The Morgan fingerprint density at radius 1 is 1.29 bits per heavy atom. The van der Waals surface area contributed by atoms with Crippen LogP contribution < -0.4 is 5.32 Å². The quantitative estimate of drug-likeness (QED) is 0.938. The first kappa shape index (κ1) is 13.8. The van der Waals surface area contributed by atoms with Gasteiger partial charge in [-0.25, -0.2) is 0 Å². The van der Waals surface area contributed by atoms with Crippen LogP contribution in [0.5, 0.6) is 0 Å². The number of aromatic nitrogens is 2. The van der Waals surface area contributed by atoms with E-state index in [0.717, 1.165) is 31.2 Å². The summed E-state index contributed by atoms with van der Waals surface area (Å²) in [5.74, 6) is 0.563. The van der Waals surface area contributed by atoms with Crippen molar-refractivity contribution in [2.24, 2.45) is 0 Å². The van der Waals surface area contributed by atoms with Gasteiger partial charge in [-0.15, -0.1) is 0 Å². The molecule has 1 fully saturated rings. The van der Waals surface area contributed by atoms with E-state index in [9.17, 15) is 4.79 Å². The molecule has 2 aromatic rings. The first-order chi connectivity index (χ1) is 10.2. The second kappa shape index (κ2) is 5.68. The molecule has 0 radical (unpaired) electrons. The molecule has 0 aliphatic heterocycles. The summed E-state index contributed by atoms with van der Waals surface area (Å²) in [6, 6.07) is 9.80. The van der Waals surface area contributed by atoms with Gasteiger partial charge in [0.15, 0.2) is 5.82 Å². The van der Waals surface area contributed by atoms with Gasteiger partial charge in [-0.3, -0.25) is 4.79 Å². The Hall–Kier alpha value is -2.17. The van der Waals surface area contributed by atoms with Gasteiger partial charge in [0, 0.05) is 0 Å². The van der Waals surface area contributed by atoms with Gasteiger partial charge in [0.2, 0.25) is 12.3 Å². The average molecular weight is 285 g/mol. The maximum atomic E-state index is 12.9. The van der Waals surface area contributed by atoms with Crippen molar-refractivity contribution in [1.29, 1.82) is 0 Å². The molecule has 3 rings (SSSR count). The van der Waals surface area contributed by atoms with E-state index in [4.69, 9.17) is 4.52 Å². The fourth-order valence-corrected chi connectivity index (χ4v) is 3.15. The van der Waals surface area contributed by atoms with Gasteiger partial charge in [-0.1, -0.05) is 48.3 Å². The Morgan fingerprint density at radius 3 is 2.62 bits per heavy atom. The predicted molar refractivity (Wildman–Crippen MR) is 77.4 cm³/mol. The summed E-state index contributed by atoms with van der Waals surface area (Å²) in [5, 5.41) is 6.83. The number of hydrogen-bond donors (Lipinski definition) is 1. The van der Waals surface area contributed by atoms with Crippen molar-refractivity contribution in [2.75, 3.05) is 0 Å². The number of carbonyl (C=O) groups excluding carboxylic acids is 1. The first-order valence-corrected chi connectivity index (χ1v) is 7.35. The Bertz CT molecular complexity index is 589. The summed E-state index contributed by atoms with van der Waals surface area (Å²) in [6.07, 6.45) is 5.22. The van der Waals surface area contributed by atoms with Gasteiger partial charge < -0.3 is 9.84 Å². The lowest BCUT2D eigenvalue weighted by atomic mass is 9.78. The molecule has 1 saturated carbocycles. The molecule has 0 saturated heterocycles. The van der Waals surface area contributed by atoms with Crippen molar-refractivity contribution in [3.8, 4) is 0 Å². The van der Waals surface area contributed by atoms with Crippen LogP contribution in [0.15, 0.2) is 41.2 Å². The van der Waals surface area contributed by atoms with E-state index >= 15 is 0 Å². The van der Waals surface area contributed by atoms with Crippen LogP contribution >= 0.6 is 0 Å². The summed E-state index contributed by atoms with van der Waals surface area (Å²) < 4.78 is 4.74. The number of rotatable bonds is 4. The molecule has 1 aliphatic carbocycles. The fraction of sp³-hybridized carbons (Fsp3) is 0.438. The zero-order chi connectivity index (χ0) is 14.7. The van der Waals surface area contributed by atoms with E-state index in [1.165, 1.54) is 6.39 Å². The molecule has 5 heteroatoms. The minimum Gasteiger partial charge on any atom is -0.345 e. The Morgan fingerprint density at radius 2 is 2.00 bits per heavy atom. The minimum absolute atomic E-state index is 0.0588. The molecule has 21 heavy (non-hydrogen) atoms. The fourth-order valence-electron chi connectivity index (χ4n) is 3.15. The topological polar surface area (TPSA) is 68.0 Å². The third kappa shape index (κ3) is 2.55. The standard InChI is InChI=1S/C16H19N3O2/c1-12(14-17-11-21-19-14)18-15(20)16(9-5-6-10-16)13-7-3-2-4-8-13/h2-4,7-8,11-12H,5-6,9-10H2,1H3,(H,18,20). The summed E-state index contributed by atoms with van der Waals surface area (Å²) in [4.78, 5) is 16.9. The van der Waals surface area contributed by atoms with E-state index in [2.05, 4.69) is 15.5 Å². The highest BCUT2D eigenvalue weighted by atomic mass is 16.5. The van der Waals surface area contributed by atoms with Crippen LogP contribution in [0.2, 0.25) is 0 Å². The SMILES string of the molecule is CC(NC(=O)C1(c2ccccc2)CCCC1)c1ncon1. The molecule has 1 amide bonds. The van der Waals surface area contributed by atoms with Crippen LogP contribution in [0.25, 0.3) is 0 Å². The lowest BCUT2D eigenvalue weighted by Crippen LogP contribution is -2.43. The van der Waals surface area contributed by atoms with Crippen molar-refractivity contribution < 1.29 is 9.32 Å². The molecule has 1 heterocycles. The molecular weight excluding hydrogens is 266 g/mol. The molecule has 1 unspecified atom stereocenters. The second-order valence-corrected chi connectivity index (χ2v) is 5.64. The lowest BCUT2D eigenvalue weighted by molar-refractivity contribution is -0.127. The van der Waals surface area contributed by atoms with Gasteiger partial charge in [0.1, 0.15) is 0 Å². The van der Waals surface area contributed by atoms with Crippen molar-refractivity contribution in [2.45, 2.75) is 44.1 Å². The second-order valence-electron chi connectivity index (χ2n) is 5.64. The summed E-state index contributed by atoms with van der Waals surface area (Å²) in [6.45, 7) is 1.87. The molecule has 0 bridgehead atoms. The van der Waals surface area contributed by atoms with Crippen molar-refractivity contribution in [3.05, 3.63) is 48.1 Å². The van der Waals surface area contributed by atoms with Crippen LogP contribution in [0, 0.1) is 0 Å². The van der Waals surface area contributed by atoms with E-state index in [-0.39, 0.29) is 11.9 Å². The van der Waals surface area contributed by atoms with E-state index in [1.807, 2.05) is 37.3 Å². The summed E-state index contributed by atoms with van der Waals surface area (Å²) in [5.41, 5.74) is 0.680. The zero-order valence-electron chi connectivity index (χ0n) is 12.1. The molecule has 1 aliphatic rings.